The molecule has 5 rings (SSSR count). The first-order valence-electron chi connectivity index (χ1n) is 11.4. The van der Waals surface area contributed by atoms with Crippen molar-refractivity contribution in [1.82, 2.24) is 14.5 Å². The Hall–Kier alpha value is -2.59. The van der Waals surface area contributed by atoms with E-state index < -0.39 is 0 Å². The Balaban J connectivity index is 1.28. The number of benzene rings is 1. The maximum Gasteiger partial charge on any atom is 0.410 e. The van der Waals surface area contributed by atoms with E-state index in [9.17, 15) is 4.79 Å². The molecule has 2 aromatic rings. The molecule has 1 aromatic heterocycles. The summed E-state index contributed by atoms with van der Waals surface area (Å²) in [7, 11) is 0. The minimum absolute atomic E-state index is 0.189. The molecule has 2 saturated heterocycles. The second-order valence-electron chi connectivity index (χ2n) is 9.81. The van der Waals surface area contributed by atoms with Crippen LogP contribution in [0, 0.1) is 12.5 Å². The number of imidazole rings is 1. The first kappa shape index (κ1) is 20.3. The Morgan fingerprint density at radius 3 is 3.00 bits per heavy atom. The van der Waals surface area contributed by atoms with E-state index in [0.29, 0.717) is 24.7 Å². The van der Waals surface area contributed by atoms with E-state index >= 15 is 0 Å². The number of carbonyl (C=O) groups is 1. The van der Waals surface area contributed by atoms with Gasteiger partial charge in [0.05, 0.1) is 42.6 Å². The molecule has 1 spiro atoms. The molecule has 3 atom stereocenters. The van der Waals surface area contributed by atoms with Crippen LogP contribution in [-0.2, 0) is 16.0 Å². The standard InChI is InChI=1S/C24H30N4O3/c1-23(9-3-4-11-30-23)15-28-16-24(31-22(28)29)10-5-6-18(13-24)14-27-17-26-20-8-7-19(25-2)12-21(20)27/h7-8,12,17-18H,3-6,9-11,13-16H2,1H3/t18-,23?,24-/m0/s1. The van der Waals surface area contributed by atoms with Gasteiger partial charge in [0.15, 0.2) is 5.69 Å². The van der Waals surface area contributed by atoms with E-state index in [2.05, 4.69) is 21.3 Å². The summed E-state index contributed by atoms with van der Waals surface area (Å²) in [4.78, 5) is 22.7. The lowest BCUT2D eigenvalue weighted by Gasteiger charge is -2.38. The number of amides is 1. The third-order valence-electron chi connectivity index (χ3n) is 7.21. The lowest BCUT2D eigenvalue weighted by molar-refractivity contribution is -0.0763. The van der Waals surface area contributed by atoms with E-state index in [4.69, 9.17) is 16.0 Å². The summed E-state index contributed by atoms with van der Waals surface area (Å²) >= 11 is 0. The number of rotatable bonds is 4. The fraction of sp³-hybridized carbons (Fsp3) is 0.625. The van der Waals surface area contributed by atoms with Gasteiger partial charge < -0.3 is 18.9 Å². The van der Waals surface area contributed by atoms with Crippen molar-refractivity contribution in [3.63, 3.8) is 0 Å². The highest BCUT2D eigenvalue weighted by atomic mass is 16.6. The molecule has 31 heavy (non-hydrogen) atoms. The van der Waals surface area contributed by atoms with E-state index in [1.807, 2.05) is 29.4 Å². The van der Waals surface area contributed by atoms with E-state index in [-0.39, 0.29) is 17.3 Å². The molecule has 0 N–H and O–H groups in total. The number of carbonyl (C=O) groups excluding carboxylic acids is 1. The Labute approximate surface area is 183 Å². The highest BCUT2D eigenvalue weighted by Crippen LogP contribution is 2.41. The van der Waals surface area contributed by atoms with Gasteiger partial charge in [-0.3, -0.25) is 0 Å². The smallest absolute Gasteiger partial charge is 0.410 e. The zero-order valence-corrected chi connectivity index (χ0v) is 18.2. The number of ether oxygens (including phenoxy) is 2. The summed E-state index contributed by atoms with van der Waals surface area (Å²) in [6.07, 6.45) is 8.89. The topological polar surface area (TPSA) is 61.0 Å². The van der Waals surface area contributed by atoms with Crippen molar-refractivity contribution in [3.8, 4) is 0 Å². The summed E-state index contributed by atoms with van der Waals surface area (Å²) in [6, 6.07) is 5.63. The molecule has 7 nitrogen and oxygen atoms in total. The zero-order chi connectivity index (χ0) is 21.5. The number of aromatic nitrogens is 2. The van der Waals surface area contributed by atoms with Crippen LogP contribution in [0.5, 0.6) is 0 Å². The van der Waals surface area contributed by atoms with Crippen LogP contribution in [0.3, 0.4) is 0 Å². The first-order valence-corrected chi connectivity index (χ1v) is 11.4. The molecule has 7 heteroatoms. The Kier molecular flexibility index (Phi) is 5.13. The molecular formula is C24H30N4O3. The summed E-state index contributed by atoms with van der Waals surface area (Å²) in [5, 5.41) is 0. The maximum atomic E-state index is 12.7. The Bertz CT molecular complexity index is 1020. The van der Waals surface area contributed by atoms with Crippen LogP contribution in [0.2, 0.25) is 0 Å². The molecule has 1 aromatic carbocycles. The van der Waals surface area contributed by atoms with Crippen LogP contribution in [0.4, 0.5) is 10.5 Å². The minimum atomic E-state index is -0.386. The van der Waals surface area contributed by atoms with Crippen molar-refractivity contribution in [2.24, 2.45) is 5.92 Å². The zero-order valence-electron chi connectivity index (χ0n) is 18.2. The quantitative estimate of drug-likeness (QED) is 0.656. The van der Waals surface area contributed by atoms with Crippen molar-refractivity contribution in [1.29, 1.82) is 0 Å². The second kappa shape index (κ2) is 7.83. The maximum absolute atomic E-state index is 12.7. The molecule has 1 aliphatic carbocycles. The van der Waals surface area contributed by atoms with Crippen molar-refractivity contribution in [2.45, 2.75) is 69.6 Å². The molecule has 1 saturated carbocycles. The second-order valence-corrected chi connectivity index (χ2v) is 9.81. The Morgan fingerprint density at radius 1 is 1.29 bits per heavy atom. The van der Waals surface area contributed by atoms with Crippen molar-refractivity contribution < 1.29 is 14.3 Å². The van der Waals surface area contributed by atoms with Gasteiger partial charge in [-0.05, 0) is 69.9 Å². The van der Waals surface area contributed by atoms with Gasteiger partial charge in [-0.25, -0.2) is 14.6 Å². The number of nitrogens with zero attached hydrogens (tertiary/aromatic N) is 4. The molecule has 164 valence electrons. The lowest BCUT2D eigenvalue weighted by Crippen LogP contribution is -2.47. The van der Waals surface area contributed by atoms with Gasteiger partial charge in [-0.15, -0.1) is 0 Å². The van der Waals surface area contributed by atoms with Gasteiger partial charge in [-0.1, -0.05) is 6.07 Å². The summed E-state index contributed by atoms with van der Waals surface area (Å²) in [5.74, 6) is 0.414. The molecule has 0 bridgehead atoms. The van der Waals surface area contributed by atoms with Crippen LogP contribution < -0.4 is 0 Å². The van der Waals surface area contributed by atoms with Gasteiger partial charge in [-0.2, -0.15) is 0 Å². The van der Waals surface area contributed by atoms with Gasteiger partial charge in [0, 0.05) is 13.2 Å². The number of hydrogen-bond donors (Lipinski definition) is 0. The van der Waals surface area contributed by atoms with Crippen LogP contribution in [-0.4, -0.2) is 51.4 Å². The summed E-state index contributed by atoms with van der Waals surface area (Å²) in [5.41, 5.74) is 1.90. The molecule has 0 radical (unpaired) electrons. The van der Waals surface area contributed by atoms with Gasteiger partial charge in [0.2, 0.25) is 0 Å². The van der Waals surface area contributed by atoms with Crippen molar-refractivity contribution >= 4 is 22.8 Å². The van der Waals surface area contributed by atoms with Crippen LogP contribution in [0.15, 0.2) is 24.5 Å². The number of fused-ring (bicyclic) bond motifs is 1. The highest BCUT2D eigenvalue weighted by molar-refractivity contribution is 5.79. The van der Waals surface area contributed by atoms with Crippen LogP contribution in [0.25, 0.3) is 15.9 Å². The average Bonchev–Trinajstić information content (AvgIpc) is 3.28. The van der Waals surface area contributed by atoms with Crippen LogP contribution >= 0.6 is 0 Å². The fourth-order valence-electron chi connectivity index (χ4n) is 5.71. The molecule has 1 unspecified atom stereocenters. The third kappa shape index (κ3) is 4.01. The molecule has 2 aliphatic heterocycles. The predicted octanol–water partition coefficient (Wildman–Crippen LogP) is 4.93. The minimum Gasteiger partial charge on any atom is -0.441 e. The normalized spacial score (nSPS) is 31.2. The summed E-state index contributed by atoms with van der Waals surface area (Å²) < 4.78 is 14.2. The average molecular weight is 423 g/mol. The lowest BCUT2D eigenvalue weighted by atomic mass is 9.77. The van der Waals surface area contributed by atoms with E-state index in [1.54, 1.807) is 0 Å². The van der Waals surface area contributed by atoms with Gasteiger partial charge in [0.25, 0.3) is 0 Å². The third-order valence-corrected chi connectivity index (χ3v) is 7.21. The number of hydrogen-bond acceptors (Lipinski definition) is 4. The fourth-order valence-corrected chi connectivity index (χ4v) is 5.71. The first-order chi connectivity index (χ1) is 15.0. The van der Waals surface area contributed by atoms with Crippen molar-refractivity contribution in [3.05, 3.63) is 35.9 Å². The monoisotopic (exact) mass is 422 g/mol. The molecule has 3 heterocycles. The van der Waals surface area contributed by atoms with Crippen molar-refractivity contribution in [2.75, 3.05) is 19.7 Å². The van der Waals surface area contributed by atoms with Crippen LogP contribution in [0.1, 0.15) is 51.9 Å². The highest BCUT2D eigenvalue weighted by Gasteiger charge is 2.49. The molecule has 1 amide bonds. The molecule has 3 aliphatic rings. The van der Waals surface area contributed by atoms with E-state index in [0.717, 1.165) is 69.1 Å². The Morgan fingerprint density at radius 2 is 2.19 bits per heavy atom. The SMILES string of the molecule is [C-]#[N+]c1ccc2ncn(C[C@H]3CCC[C@]4(C3)CN(CC3(C)CCCCO3)C(=O)O4)c2c1. The van der Waals surface area contributed by atoms with Gasteiger partial charge >= 0.3 is 6.09 Å². The molecule has 3 fully saturated rings. The van der Waals surface area contributed by atoms with Gasteiger partial charge in [0.1, 0.15) is 5.60 Å². The predicted molar refractivity (Wildman–Crippen MR) is 117 cm³/mol. The van der Waals surface area contributed by atoms with E-state index in [1.165, 1.54) is 0 Å². The largest absolute Gasteiger partial charge is 0.441 e. The molecular weight excluding hydrogens is 392 g/mol. The summed E-state index contributed by atoms with van der Waals surface area (Å²) in [6.45, 7) is 12.3.